The van der Waals surface area contributed by atoms with Crippen LogP contribution in [0.4, 0.5) is 0 Å². The van der Waals surface area contributed by atoms with Gasteiger partial charge in [-0.3, -0.25) is 20.4 Å². The van der Waals surface area contributed by atoms with Gasteiger partial charge in [0.15, 0.2) is 0 Å². The van der Waals surface area contributed by atoms with E-state index in [2.05, 4.69) is 26.8 Å². The van der Waals surface area contributed by atoms with Crippen molar-refractivity contribution in [2.45, 2.75) is 20.8 Å². The number of carbonyl (C=O) groups excluding carboxylic acids is 2. The zero-order valence-electron chi connectivity index (χ0n) is 11.9. The van der Waals surface area contributed by atoms with E-state index in [0.29, 0.717) is 27.1 Å². The average Bonchev–Trinajstić information content (AvgIpc) is 2.70. The van der Waals surface area contributed by atoms with E-state index in [1.54, 1.807) is 45.0 Å². The van der Waals surface area contributed by atoms with Crippen LogP contribution in [0.1, 0.15) is 37.8 Å². The second-order valence-electron chi connectivity index (χ2n) is 4.60. The molecular formula is C15H15BrN2O3. The smallest absolute Gasteiger partial charge is 0.273 e. The van der Waals surface area contributed by atoms with Crippen molar-refractivity contribution >= 4 is 27.7 Å². The molecule has 0 aliphatic heterocycles. The van der Waals surface area contributed by atoms with Gasteiger partial charge in [-0.1, -0.05) is 12.1 Å². The predicted octanol–water partition coefficient (Wildman–Crippen LogP) is 3.04. The maximum absolute atomic E-state index is 12.1. The van der Waals surface area contributed by atoms with Gasteiger partial charge in [0.2, 0.25) is 0 Å². The zero-order chi connectivity index (χ0) is 15.6. The molecule has 1 heterocycles. The van der Waals surface area contributed by atoms with Gasteiger partial charge in [0.25, 0.3) is 11.8 Å². The lowest BCUT2D eigenvalue weighted by atomic mass is 10.1. The number of hydrogen-bond acceptors (Lipinski definition) is 3. The Bertz CT molecular complexity index is 707. The Morgan fingerprint density at radius 2 is 1.62 bits per heavy atom. The summed E-state index contributed by atoms with van der Waals surface area (Å²) >= 11 is 3.29. The fourth-order valence-electron chi connectivity index (χ4n) is 2.02. The fraction of sp³-hybridized carbons (Fsp3) is 0.200. The van der Waals surface area contributed by atoms with E-state index in [0.717, 1.165) is 5.56 Å². The Hall–Kier alpha value is -2.08. The second-order valence-corrected chi connectivity index (χ2v) is 5.46. The predicted molar refractivity (Wildman–Crippen MR) is 82.0 cm³/mol. The lowest BCUT2D eigenvalue weighted by Gasteiger charge is -2.08. The molecule has 6 heteroatoms. The van der Waals surface area contributed by atoms with E-state index in [1.165, 1.54) is 0 Å². The van der Waals surface area contributed by atoms with Crippen LogP contribution in [-0.2, 0) is 0 Å². The van der Waals surface area contributed by atoms with Gasteiger partial charge >= 0.3 is 0 Å². The molecule has 2 amide bonds. The number of hydrogen-bond donors (Lipinski definition) is 2. The number of halogens is 1. The summed E-state index contributed by atoms with van der Waals surface area (Å²) in [4.78, 5) is 24.1. The highest BCUT2D eigenvalue weighted by Gasteiger charge is 2.19. The fourth-order valence-corrected chi connectivity index (χ4v) is 2.48. The molecule has 0 bridgehead atoms. The van der Waals surface area contributed by atoms with Crippen LogP contribution in [0.5, 0.6) is 0 Å². The quantitative estimate of drug-likeness (QED) is 0.817. The Balaban J connectivity index is 2.08. The SMILES string of the molecule is Cc1oc(C)c(C(=O)NNC(=O)c2ccccc2Br)c1C. The van der Waals surface area contributed by atoms with Gasteiger partial charge < -0.3 is 4.42 Å². The van der Waals surface area contributed by atoms with Gasteiger partial charge in [-0.2, -0.15) is 0 Å². The lowest BCUT2D eigenvalue weighted by Crippen LogP contribution is -2.42. The third-order valence-electron chi connectivity index (χ3n) is 3.20. The van der Waals surface area contributed by atoms with Crippen molar-refractivity contribution in [2.75, 3.05) is 0 Å². The molecule has 110 valence electrons. The third kappa shape index (κ3) is 3.16. The largest absolute Gasteiger partial charge is 0.466 e. The molecule has 0 saturated carbocycles. The van der Waals surface area contributed by atoms with Gasteiger partial charge in [-0.05, 0) is 48.8 Å². The van der Waals surface area contributed by atoms with Crippen molar-refractivity contribution in [1.82, 2.24) is 10.9 Å². The molecule has 5 nitrogen and oxygen atoms in total. The molecule has 2 rings (SSSR count). The third-order valence-corrected chi connectivity index (χ3v) is 3.89. The average molecular weight is 351 g/mol. The minimum Gasteiger partial charge on any atom is -0.466 e. The van der Waals surface area contributed by atoms with Crippen LogP contribution in [0.15, 0.2) is 33.2 Å². The number of furan rings is 1. The normalized spacial score (nSPS) is 10.3. The molecule has 1 aromatic heterocycles. The topological polar surface area (TPSA) is 71.3 Å². The molecule has 21 heavy (non-hydrogen) atoms. The molecule has 0 unspecified atom stereocenters. The Kier molecular flexibility index (Phi) is 4.47. The minimum atomic E-state index is -0.401. The van der Waals surface area contributed by atoms with E-state index < -0.39 is 11.8 Å². The molecule has 0 atom stereocenters. The summed E-state index contributed by atoms with van der Waals surface area (Å²) in [5.74, 6) is 0.418. The molecule has 1 aromatic carbocycles. The monoisotopic (exact) mass is 350 g/mol. The van der Waals surface area contributed by atoms with Crippen LogP contribution >= 0.6 is 15.9 Å². The van der Waals surface area contributed by atoms with Crippen molar-refractivity contribution in [2.24, 2.45) is 0 Å². The summed E-state index contributed by atoms with van der Waals surface area (Å²) < 4.78 is 6.05. The summed E-state index contributed by atoms with van der Waals surface area (Å²) in [6.07, 6.45) is 0. The van der Waals surface area contributed by atoms with Crippen molar-refractivity contribution < 1.29 is 14.0 Å². The molecule has 0 aliphatic carbocycles. The van der Waals surface area contributed by atoms with E-state index in [4.69, 9.17) is 4.42 Å². The number of carbonyl (C=O) groups is 2. The van der Waals surface area contributed by atoms with Gasteiger partial charge in [0, 0.05) is 10.0 Å². The number of rotatable bonds is 2. The van der Waals surface area contributed by atoms with Crippen molar-refractivity contribution in [1.29, 1.82) is 0 Å². The molecule has 2 N–H and O–H groups in total. The summed E-state index contributed by atoms with van der Waals surface area (Å²) in [5, 5.41) is 0. The highest BCUT2D eigenvalue weighted by atomic mass is 79.9. The summed E-state index contributed by atoms with van der Waals surface area (Å²) in [6, 6.07) is 6.96. The van der Waals surface area contributed by atoms with E-state index in [9.17, 15) is 9.59 Å². The molecule has 0 saturated heterocycles. The van der Waals surface area contributed by atoms with E-state index >= 15 is 0 Å². The van der Waals surface area contributed by atoms with E-state index in [1.807, 2.05) is 0 Å². The summed E-state index contributed by atoms with van der Waals surface area (Å²) in [7, 11) is 0. The van der Waals surface area contributed by atoms with Crippen LogP contribution in [0, 0.1) is 20.8 Å². The summed E-state index contributed by atoms with van der Waals surface area (Å²) in [5.41, 5.74) is 6.44. The maximum atomic E-state index is 12.1. The molecule has 2 aromatic rings. The zero-order valence-corrected chi connectivity index (χ0v) is 13.5. The molecule has 0 fully saturated rings. The summed E-state index contributed by atoms with van der Waals surface area (Å²) in [6.45, 7) is 5.31. The van der Waals surface area contributed by atoms with Gasteiger partial charge in [-0.15, -0.1) is 0 Å². The van der Waals surface area contributed by atoms with Crippen LogP contribution < -0.4 is 10.9 Å². The highest BCUT2D eigenvalue weighted by Crippen LogP contribution is 2.20. The van der Waals surface area contributed by atoms with Crippen LogP contribution in [0.25, 0.3) is 0 Å². The van der Waals surface area contributed by atoms with Crippen LogP contribution in [0.2, 0.25) is 0 Å². The van der Waals surface area contributed by atoms with Crippen molar-refractivity contribution in [3.05, 3.63) is 56.9 Å². The van der Waals surface area contributed by atoms with Crippen molar-refractivity contribution in [3.8, 4) is 0 Å². The maximum Gasteiger partial charge on any atom is 0.273 e. The standard InChI is InChI=1S/C15H15BrN2O3/c1-8-9(2)21-10(3)13(8)15(20)18-17-14(19)11-6-4-5-7-12(11)16/h4-7H,1-3H3,(H,17,19)(H,18,20). The molecular weight excluding hydrogens is 336 g/mol. The number of aryl methyl sites for hydroxylation is 2. The minimum absolute atomic E-state index is 0.397. The Morgan fingerprint density at radius 1 is 1.00 bits per heavy atom. The number of hydrazine groups is 1. The molecule has 0 aliphatic rings. The number of amides is 2. The molecule has 0 spiro atoms. The van der Waals surface area contributed by atoms with Crippen molar-refractivity contribution in [3.63, 3.8) is 0 Å². The lowest BCUT2D eigenvalue weighted by molar-refractivity contribution is 0.0845. The molecule has 0 radical (unpaired) electrons. The Morgan fingerprint density at radius 3 is 2.19 bits per heavy atom. The number of nitrogens with one attached hydrogen (secondary N) is 2. The number of benzene rings is 1. The second kappa shape index (κ2) is 6.13. The first-order valence-electron chi connectivity index (χ1n) is 6.33. The first kappa shape index (κ1) is 15.3. The van der Waals surface area contributed by atoms with Gasteiger partial charge in [-0.25, -0.2) is 0 Å². The van der Waals surface area contributed by atoms with Crippen LogP contribution in [-0.4, -0.2) is 11.8 Å². The first-order chi connectivity index (χ1) is 9.91. The first-order valence-corrected chi connectivity index (χ1v) is 7.13. The van der Waals surface area contributed by atoms with E-state index in [-0.39, 0.29) is 0 Å². The Labute approximate surface area is 130 Å². The van der Waals surface area contributed by atoms with Crippen LogP contribution in [0.3, 0.4) is 0 Å². The highest BCUT2D eigenvalue weighted by molar-refractivity contribution is 9.10. The van der Waals surface area contributed by atoms with Gasteiger partial charge in [0.05, 0.1) is 11.1 Å². The van der Waals surface area contributed by atoms with Gasteiger partial charge in [0.1, 0.15) is 11.5 Å².